The standard InChI is InChI=1S/C20H22N2O4S/c1-20(2)10-12(5-7-27(20,24)25)16-11-22-18-14(16)8-13(9-15(18)19(21)23)17-4-3-6-26-17/h3-4,6,8-9,11-12,22H,5,7,10H2,1-2H3,(H2,21,23). The van der Waals surface area contributed by atoms with Gasteiger partial charge < -0.3 is 15.1 Å². The summed E-state index contributed by atoms with van der Waals surface area (Å²) in [6, 6.07) is 7.31. The first-order valence-electron chi connectivity index (χ1n) is 8.90. The number of amides is 1. The maximum absolute atomic E-state index is 12.4. The van der Waals surface area contributed by atoms with Crippen LogP contribution in [0, 0.1) is 0 Å². The smallest absolute Gasteiger partial charge is 0.250 e. The molecule has 0 radical (unpaired) electrons. The lowest BCUT2D eigenvalue weighted by atomic mass is 9.86. The van der Waals surface area contributed by atoms with Gasteiger partial charge in [0, 0.05) is 17.1 Å². The lowest BCUT2D eigenvalue weighted by molar-refractivity contribution is 0.100. The Bertz CT molecular complexity index is 1120. The van der Waals surface area contributed by atoms with E-state index in [9.17, 15) is 13.2 Å². The topological polar surface area (TPSA) is 106 Å². The summed E-state index contributed by atoms with van der Waals surface area (Å²) in [6.45, 7) is 3.57. The summed E-state index contributed by atoms with van der Waals surface area (Å²) in [5, 5.41) is 0.887. The second-order valence-electron chi connectivity index (χ2n) is 7.80. The lowest BCUT2D eigenvalue weighted by Crippen LogP contribution is -2.40. The zero-order valence-electron chi connectivity index (χ0n) is 15.3. The van der Waals surface area contributed by atoms with E-state index in [1.807, 2.05) is 18.3 Å². The van der Waals surface area contributed by atoms with Crippen LogP contribution in [0.1, 0.15) is 48.5 Å². The second kappa shape index (κ2) is 5.99. The van der Waals surface area contributed by atoms with Crippen LogP contribution in [-0.2, 0) is 9.84 Å². The molecule has 4 rings (SSSR count). The third kappa shape index (κ3) is 2.86. The maximum atomic E-state index is 12.4. The number of fused-ring (bicyclic) bond motifs is 1. The normalized spacial score (nSPS) is 21.3. The van der Waals surface area contributed by atoms with Gasteiger partial charge in [-0.2, -0.15) is 0 Å². The van der Waals surface area contributed by atoms with E-state index in [-0.39, 0.29) is 11.7 Å². The number of primary amides is 1. The molecule has 27 heavy (non-hydrogen) atoms. The summed E-state index contributed by atoms with van der Waals surface area (Å²) in [4.78, 5) is 15.2. The number of hydrogen-bond donors (Lipinski definition) is 2. The van der Waals surface area contributed by atoms with Crippen LogP contribution < -0.4 is 5.73 Å². The highest BCUT2D eigenvalue weighted by Gasteiger charge is 2.41. The number of sulfone groups is 1. The summed E-state index contributed by atoms with van der Waals surface area (Å²) in [7, 11) is -3.10. The Hall–Kier alpha value is -2.54. The molecule has 1 amide bonds. The largest absolute Gasteiger partial charge is 0.464 e. The number of carbonyl (C=O) groups is 1. The van der Waals surface area contributed by atoms with E-state index in [0.717, 1.165) is 16.5 Å². The van der Waals surface area contributed by atoms with Crippen LogP contribution in [0.15, 0.2) is 41.1 Å². The molecular weight excluding hydrogens is 364 g/mol. The van der Waals surface area contributed by atoms with Crippen molar-refractivity contribution in [3.63, 3.8) is 0 Å². The predicted molar refractivity (Wildman–Crippen MR) is 104 cm³/mol. The highest BCUT2D eigenvalue weighted by Crippen LogP contribution is 2.42. The fraction of sp³-hybridized carbons (Fsp3) is 0.350. The number of hydrogen-bond acceptors (Lipinski definition) is 4. The summed E-state index contributed by atoms with van der Waals surface area (Å²) < 4.78 is 29.4. The van der Waals surface area contributed by atoms with Gasteiger partial charge in [0.25, 0.3) is 5.91 Å². The summed E-state index contributed by atoms with van der Waals surface area (Å²) in [5.74, 6) is 0.383. The van der Waals surface area contributed by atoms with Crippen molar-refractivity contribution < 1.29 is 17.6 Å². The van der Waals surface area contributed by atoms with E-state index in [1.165, 1.54) is 0 Å². The van der Waals surface area contributed by atoms with Crippen LogP contribution in [0.3, 0.4) is 0 Å². The molecule has 1 saturated heterocycles. The second-order valence-corrected chi connectivity index (χ2v) is 10.5. The Morgan fingerprint density at radius 1 is 1.33 bits per heavy atom. The van der Waals surface area contributed by atoms with Crippen LogP contribution >= 0.6 is 0 Å². The van der Waals surface area contributed by atoms with E-state index in [2.05, 4.69) is 4.98 Å². The Morgan fingerprint density at radius 2 is 2.11 bits per heavy atom. The van der Waals surface area contributed by atoms with Crippen LogP contribution in [0.4, 0.5) is 0 Å². The van der Waals surface area contributed by atoms with E-state index in [4.69, 9.17) is 10.2 Å². The third-order valence-electron chi connectivity index (χ3n) is 5.65. The van der Waals surface area contributed by atoms with Crippen molar-refractivity contribution in [2.45, 2.75) is 37.4 Å². The first-order valence-corrected chi connectivity index (χ1v) is 10.6. The van der Waals surface area contributed by atoms with Crippen molar-refractivity contribution >= 4 is 26.6 Å². The van der Waals surface area contributed by atoms with Crippen molar-refractivity contribution in [2.75, 3.05) is 5.75 Å². The fourth-order valence-corrected chi connectivity index (χ4v) is 5.63. The average molecular weight is 386 g/mol. The van der Waals surface area contributed by atoms with Gasteiger partial charge >= 0.3 is 0 Å². The van der Waals surface area contributed by atoms with Gasteiger partial charge in [-0.1, -0.05) is 0 Å². The van der Waals surface area contributed by atoms with Crippen molar-refractivity contribution in [3.05, 3.63) is 47.9 Å². The average Bonchev–Trinajstić information content (AvgIpc) is 3.25. The van der Waals surface area contributed by atoms with Gasteiger partial charge in [0.2, 0.25) is 0 Å². The van der Waals surface area contributed by atoms with Crippen LogP contribution in [-0.4, -0.2) is 29.8 Å². The van der Waals surface area contributed by atoms with Crippen LogP contribution in [0.25, 0.3) is 22.2 Å². The molecule has 3 N–H and O–H groups in total. The molecular formula is C20H22N2O4S. The Balaban J connectivity index is 1.87. The molecule has 1 fully saturated rings. The number of nitrogens with two attached hydrogens (primary N) is 1. The van der Waals surface area contributed by atoms with Gasteiger partial charge in [-0.15, -0.1) is 0 Å². The minimum atomic E-state index is -3.10. The first-order chi connectivity index (χ1) is 12.7. The molecule has 1 unspecified atom stereocenters. The number of aromatic amines is 1. The van der Waals surface area contributed by atoms with Crippen molar-refractivity contribution in [1.82, 2.24) is 4.98 Å². The summed E-state index contributed by atoms with van der Waals surface area (Å²) >= 11 is 0. The highest BCUT2D eigenvalue weighted by molar-refractivity contribution is 7.92. The molecule has 0 spiro atoms. The van der Waals surface area contributed by atoms with Crippen molar-refractivity contribution in [2.24, 2.45) is 5.73 Å². The van der Waals surface area contributed by atoms with E-state index < -0.39 is 20.5 Å². The fourth-order valence-electron chi connectivity index (χ4n) is 4.03. The molecule has 3 aromatic rings. The van der Waals surface area contributed by atoms with Gasteiger partial charge in [0.05, 0.1) is 27.8 Å². The van der Waals surface area contributed by atoms with Crippen LogP contribution in [0.2, 0.25) is 0 Å². The van der Waals surface area contributed by atoms with Crippen LogP contribution in [0.5, 0.6) is 0 Å². The number of carbonyl (C=O) groups excluding carboxylic acids is 1. The lowest BCUT2D eigenvalue weighted by Gasteiger charge is -2.34. The summed E-state index contributed by atoms with van der Waals surface area (Å²) in [5.41, 5.74) is 8.46. The summed E-state index contributed by atoms with van der Waals surface area (Å²) in [6.07, 6.45) is 4.56. The maximum Gasteiger partial charge on any atom is 0.250 e. The molecule has 7 heteroatoms. The molecule has 1 aliphatic heterocycles. The molecule has 6 nitrogen and oxygen atoms in total. The minimum Gasteiger partial charge on any atom is -0.464 e. The zero-order valence-corrected chi connectivity index (χ0v) is 16.1. The van der Waals surface area contributed by atoms with Crippen molar-refractivity contribution in [3.8, 4) is 11.3 Å². The molecule has 3 heterocycles. The minimum absolute atomic E-state index is 0.0878. The first kappa shape index (κ1) is 17.9. The highest BCUT2D eigenvalue weighted by atomic mass is 32.2. The quantitative estimate of drug-likeness (QED) is 0.717. The molecule has 1 atom stereocenters. The van der Waals surface area contributed by atoms with Gasteiger partial charge in [-0.25, -0.2) is 8.42 Å². The van der Waals surface area contributed by atoms with E-state index >= 15 is 0 Å². The SMILES string of the molecule is CC1(C)CC(c2c[nH]c3c(C(N)=O)cc(-c4ccco4)cc23)CCS1(=O)=O. The molecule has 1 aromatic carbocycles. The number of rotatable bonds is 3. The van der Waals surface area contributed by atoms with Gasteiger partial charge in [0.15, 0.2) is 9.84 Å². The number of H-pyrrole nitrogens is 1. The van der Waals surface area contributed by atoms with Gasteiger partial charge in [-0.3, -0.25) is 4.79 Å². The van der Waals surface area contributed by atoms with Crippen molar-refractivity contribution in [1.29, 1.82) is 0 Å². The molecule has 2 aromatic heterocycles. The number of nitrogens with one attached hydrogen (secondary N) is 1. The predicted octanol–water partition coefficient (Wildman–Crippen LogP) is 3.60. The van der Waals surface area contributed by atoms with Gasteiger partial charge in [0.1, 0.15) is 5.76 Å². The third-order valence-corrected chi connectivity index (χ3v) is 8.27. The molecule has 0 saturated carbocycles. The van der Waals surface area contributed by atoms with E-state index in [0.29, 0.717) is 29.7 Å². The number of aromatic nitrogens is 1. The van der Waals surface area contributed by atoms with Gasteiger partial charge in [-0.05, 0) is 62.4 Å². The number of furan rings is 1. The zero-order chi connectivity index (χ0) is 19.4. The monoisotopic (exact) mass is 386 g/mol. The molecule has 0 aliphatic carbocycles. The molecule has 1 aliphatic rings. The Kier molecular flexibility index (Phi) is 3.96. The number of benzene rings is 1. The van der Waals surface area contributed by atoms with E-state index in [1.54, 1.807) is 32.2 Å². The Labute approximate surface area is 157 Å². The molecule has 0 bridgehead atoms. The Morgan fingerprint density at radius 3 is 2.74 bits per heavy atom. The molecule has 142 valence electrons.